The molecule has 18 heavy (non-hydrogen) atoms. The Hall–Kier alpha value is -1.43. The van der Waals surface area contributed by atoms with E-state index >= 15 is 0 Å². The molecule has 1 aromatic rings. The second-order valence-corrected chi connectivity index (χ2v) is 5.79. The van der Waals surface area contributed by atoms with Crippen LogP contribution in [-0.4, -0.2) is 62.8 Å². The Morgan fingerprint density at radius 3 is 2.67 bits per heavy atom. The van der Waals surface area contributed by atoms with Crippen molar-refractivity contribution in [1.82, 2.24) is 24.6 Å². The van der Waals surface area contributed by atoms with Gasteiger partial charge in [-0.2, -0.15) is 9.78 Å². The number of amides is 1. The maximum Gasteiger partial charge on any atom is 0.346 e. The second kappa shape index (κ2) is 4.05. The van der Waals surface area contributed by atoms with E-state index < -0.39 is 0 Å². The zero-order chi connectivity index (χ0) is 12.8. The number of rotatable bonds is 1. The highest BCUT2D eigenvalue weighted by molar-refractivity contribution is 5.76. The van der Waals surface area contributed by atoms with Gasteiger partial charge in [-0.25, -0.2) is 9.78 Å². The Kier molecular flexibility index (Phi) is 2.62. The van der Waals surface area contributed by atoms with Crippen molar-refractivity contribution in [3.8, 4) is 0 Å². The standard InChI is InChI=1S/C12H19N5O/c1-10(2)15-4-3-12(5-15)6-16(7-12)11(18)17-9-13-8-14-17/h8-10H,3-7H2,1-2H3. The highest BCUT2D eigenvalue weighted by atomic mass is 16.2. The van der Waals surface area contributed by atoms with Gasteiger partial charge in [0, 0.05) is 31.1 Å². The molecule has 1 aromatic heterocycles. The third-order valence-electron chi connectivity index (χ3n) is 4.14. The van der Waals surface area contributed by atoms with Gasteiger partial charge in [0.2, 0.25) is 0 Å². The summed E-state index contributed by atoms with van der Waals surface area (Å²) in [6.45, 7) is 8.45. The lowest BCUT2D eigenvalue weighted by molar-refractivity contribution is 0.0354. The van der Waals surface area contributed by atoms with Gasteiger partial charge >= 0.3 is 6.03 Å². The number of hydrogen-bond acceptors (Lipinski definition) is 4. The quantitative estimate of drug-likeness (QED) is 0.734. The smallest absolute Gasteiger partial charge is 0.321 e. The molecular weight excluding hydrogens is 230 g/mol. The van der Waals surface area contributed by atoms with Gasteiger partial charge in [-0.3, -0.25) is 0 Å². The van der Waals surface area contributed by atoms with Gasteiger partial charge in [0.15, 0.2) is 0 Å². The minimum absolute atomic E-state index is 0.0545. The normalized spacial score (nSPS) is 22.7. The summed E-state index contributed by atoms with van der Waals surface area (Å²) in [5.41, 5.74) is 0.334. The summed E-state index contributed by atoms with van der Waals surface area (Å²) in [5.74, 6) is 0. The Balaban J connectivity index is 1.59. The molecule has 0 radical (unpaired) electrons. The Morgan fingerprint density at radius 2 is 2.11 bits per heavy atom. The third kappa shape index (κ3) is 1.80. The van der Waals surface area contributed by atoms with Crippen molar-refractivity contribution in [1.29, 1.82) is 0 Å². The molecule has 0 aliphatic carbocycles. The zero-order valence-corrected chi connectivity index (χ0v) is 10.9. The van der Waals surface area contributed by atoms with E-state index in [9.17, 15) is 4.79 Å². The Morgan fingerprint density at radius 1 is 1.33 bits per heavy atom. The van der Waals surface area contributed by atoms with E-state index in [1.165, 1.54) is 23.8 Å². The van der Waals surface area contributed by atoms with Crippen LogP contribution in [0.4, 0.5) is 4.79 Å². The topological polar surface area (TPSA) is 54.3 Å². The number of carbonyl (C=O) groups excluding carboxylic acids is 1. The first kappa shape index (κ1) is 11.6. The van der Waals surface area contributed by atoms with Crippen LogP contribution in [0.5, 0.6) is 0 Å². The molecule has 3 heterocycles. The molecule has 6 heteroatoms. The summed E-state index contributed by atoms with van der Waals surface area (Å²) in [5, 5.41) is 3.88. The highest BCUT2D eigenvalue weighted by Crippen LogP contribution is 2.40. The van der Waals surface area contributed by atoms with Crippen molar-refractivity contribution in [3.63, 3.8) is 0 Å². The minimum atomic E-state index is -0.0545. The van der Waals surface area contributed by atoms with E-state index in [0.717, 1.165) is 26.2 Å². The lowest BCUT2D eigenvalue weighted by atomic mass is 9.79. The van der Waals surface area contributed by atoms with Crippen LogP contribution in [0, 0.1) is 5.41 Å². The molecule has 3 rings (SSSR count). The van der Waals surface area contributed by atoms with Crippen molar-refractivity contribution >= 4 is 6.03 Å². The van der Waals surface area contributed by atoms with E-state index in [0.29, 0.717) is 11.5 Å². The Bertz CT molecular complexity index is 435. The molecule has 0 aromatic carbocycles. The summed E-state index contributed by atoms with van der Waals surface area (Å²) >= 11 is 0. The van der Waals surface area contributed by atoms with Gasteiger partial charge in [0.1, 0.15) is 12.7 Å². The first-order chi connectivity index (χ1) is 8.60. The predicted molar refractivity (Wildman–Crippen MR) is 66.1 cm³/mol. The van der Waals surface area contributed by atoms with Gasteiger partial charge in [-0.1, -0.05) is 0 Å². The van der Waals surface area contributed by atoms with Crippen molar-refractivity contribution in [3.05, 3.63) is 12.7 Å². The van der Waals surface area contributed by atoms with E-state index in [1.54, 1.807) is 0 Å². The van der Waals surface area contributed by atoms with Crippen molar-refractivity contribution in [2.45, 2.75) is 26.3 Å². The van der Waals surface area contributed by atoms with Crippen molar-refractivity contribution < 1.29 is 4.79 Å². The van der Waals surface area contributed by atoms with E-state index in [4.69, 9.17) is 0 Å². The number of carbonyl (C=O) groups is 1. The minimum Gasteiger partial charge on any atom is -0.321 e. The first-order valence-electron chi connectivity index (χ1n) is 6.48. The predicted octanol–water partition coefficient (Wildman–Crippen LogP) is 0.662. The molecule has 2 fully saturated rings. The van der Waals surface area contributed by atoms with Gasteiger partial charge in [0.05, 0.1) is 0 Å². The fraction of sp³-hybridized carbons (Fsp3) is 0.750. The molecule has 0 bridgehead atoms. The van der Waals surface area contributed by atoms with Crippen LogP contribution in [0.2, 0.25) is 0 Å². The molecule has 0 atom stereocenters. The van der Waals surface area contributed by atoms with Crippen molar-refractivity contribution in [2.24, 2.45) is 5.41 Å². The van der Waals surface area contributed by atoms with Gasteiger partial charge in [-0.05, 0) is 26.8 Å². The molecule has 98 valence electrons. The van der Waals surface area contributed by atoms with E-state index in [2.05, 4.69) is 28.8 Å². The molecule has 2 saturated heterocycles. The highest BCUT2D eigenvalue weighted by Gasteiger charge is 2.49. The van der Waals surface area contributed by atoms with E-state index in [-0.39, 0.29) is 6.03 Å². The summed E-state index contributed by atoms with van der Waals surface area (Å²) in [4.78, 5) is 20.2. The maximum absolute atomic E-state index is 12.0. The molecule has 6 nitrogen and oxygen atoms in total. The average Bonchev–Trinajstić information content (AvgIpc) is 2.95. The molecular formula is C12H19N5O. The van der Waals surface area contributed by atoms with Crippen LogP contribution in [0.25, 0.3) is 0 Å². The molecule has 0 N–H and O–H groups in total. The van der Waals surface area contributed by atoms with Gasteiger partial charge < -0.3 is 9.80 Å². The summed E-state index contributed by atoms with van der Waals surface area (Å²) in [6, 6.07) is 0.547. The van der Waals surface area contributed by atoms with Gasteiger partial charge in [-0.15, -0.1) is 0 Å². The van der Waals surface area contributed by atoms with Crippen LogP contribution in [0.1, 0.15) is 20.3 Å². The lowest BCUT2D eigenvalue weighted by Crippen LogP contribution is -2.60. The largest absolute Gasteiger partial charge is 0.346 e. The number of aromatic nitrogens is 3. The fourth-order valence-electron chi connectivity index (χ4n) is 3.02. The number of nitrogens with zero attached hydrogens (tertiary/aromatic N) is 5. The summed E-state index contributed by atoms with van der Waals surface area (Å²) < 4.78 is 1.31. The monoisotopic (exact) mass is 249 g/mol. The van der Waals surface area contributed by atoms with Crippen LogP contribution < -0.4 is 0 Å². The van der Waals surface area contributed by atoms with Crippen LogP contribution >= 0.6 is 0 Å². The summed E-state index contributed by atoms with van der Waals surface area (Å²) in [7, 11) is 0. The number of likely N-dealkylation sites (tertiary alicyclic amines) is 2. The molecule has 2 aliphatic heterocycles. The van der Waals surface area contributed by atoms with Gasteiger partial charge in [0.25, 0.3) is 0 Å². The van der Waals surface area contributed by atoms with Crippen LogP contribution in [-0.2, 0) is 0 Å². The number of hydrogen-bond donors (Lipinski definition) is 0. The average molecular weight is 249 g/mol. The van der Waals surface area contributed by atoms with E-state index in [1.807, 2.05) is 4.90 Å². The molecule has 0 saturated carbocycles. The van der Waals surface area contributed by atoms with Crippen molar-refractivity contribution in [2.75, 3.05) is 26.2 Å². The molecule has 2 aliphatic rings. The third-order valence-corrected chi connectivity index (χ3v) is 4.14. The molecule has 0 unspecified atom stereocenters. The fourth-order valence-corrected chi connectivity index (χ4v) is 3.02. The lowest BCUT2D eigenvalue weighted by Gasteiger charge is -2.47. The zero-order valence-electron chi connectivity index (χ0n) is 10.9. The molecule has 1 spiro atoms. The second-order valence-electron chi connectivity index (χ2n) is 5.79. The first-order valence-corrected chi connectivity index (χ1v) is 6.48. The van der Waals surface area contributed by atoms with Crippen LogP contribution in [0.3, 0.4) is 0 Å². The van der Waals surface area contributed by atoms with Crippen LogP contribution in [0.15, 0.2) is 12.7 Å². The SMILES string of the molecule is CC(C)N1CCC2(CN(C(=O)n3cncn3)C2)C1. The molecule has 1 amide bonds. The Labute approximate surface area is 107 Å². The maximum atomic E-state index is 12.0. The summed E-state index contributed by atoms with van der Waals surface area (Å²) in [6.07, 6.45) is 4.05.